The highest BCUT2D eigenvalue weighted by molar-refractivity contribution is 5.70. The predicted octanol–water partition coefficient (Wildman–Crippen LogP) is 1.24. The lowest BCUT2D eigenvalue weighted by Gasteiger charge is -2.43. The van der Waals surface area contributed by atoms with Crippen molar-refractivity contribution in [1.29, 1.82) is 0 Å². The van der Waals surface area contributed by atoms with Gasteiger partial charge in [0, 0.05) is 24.8 Å². The van der Waals surface area contributed by atoms with E-state index < -0.39 is 0 Å². The normalized spacial score (nSPS) is 24.8. The molecular formula is C12H21NO3. The molecule has 4 heteroatoms. The van der Waals surface area contributed by atoms with Gasteiger partial charge in [0.1, 0.15) is 0 Å². The molecule has 1 aliphatic heterocycles. The zero-order valence-corrected chi connectivity index (χ0v) is 9.96. The van der Waals surface area contributed by atoms with Crippen LogP contribution in [0.2, 0.25) is 0 Å². The van der Waals surface area contributed by atoms with Crippen molar-refractivity contribution in [1.82, 2.24) is 5.32 Å². The number of nitrogens with one attached hydrogen (secondary N) is 1. The fourth-order valence-corrected chi connectivity index (χ4v) is 2.47. The largest absolute Gasteiger partial charge is 0.469 e. The molecule has 1 saturated carbocycles. The molecule has 0 amide bonds. The van der Waals surface area contributed by atoms with Crippen molar-refractivity contribution < 1.29 is 14.3 Å². The van der Waals surface area contributed by atoms with Crippen LogP contribution in [0.3, 0.4) is 0 Å². The van der Waals surface area contributed by atoms with E-state index in [9.17, 15) is 4.79 Å². The highest BCUT2D eigenvalue weighted by Crippen LogP contribution is 2.29. The number of carbonyl (C=O) groups is 1. The number of carbonyl (C=O) groups excluding carboxylic acids is 1. The van der Waals surface area contributed by atoms with Crippen LogP contribution >= 0.6 is 0 Å². The third-order valence-corrected chi connectivity index (χ3v) is 3.78. The summed E-state index contributed by atoms with van der Waals surface area (Å²) in [5, 5.41) is 3.65. The van der Waals surface area contributed by atoms with Gasteiger partial charge in [-0.05, 0) is 25.7 Å². The minimum absolute atomic E-state index is 0.0730. The lowest BCUT2D eigenvalue weighted by atomic mass is 9.82. The quantitative estimate of drug-likeness (QED) is 0.734. The standard InChI is InChI=1S/C12H21NO3/c1-15-11(14)9-12(5-7-16-8-6-12)13-10-3-2-4-10/h10,13H,2-9H2,1H3. The number of methoxy groups -OCH3 is 1. The predicted molar refractivity (Wildman–Crippen MR) is 60.2 cm³/mol. The van der Waals surface area contributed by atoms with E-state index in [1.165, 1.54) is 26.4 Å². The Kier molecular flexibility index (Phi) is 3.82. The summed E-state index contributed by atoms with van der Waals surface area (Å²) >= 11 is 0. The van der Waals surface area contributed by atoms with E-state index in [0.29, 0.717) is 12.5 Å². The number of hydrogen-bond acceptors (Lipinski definition) is 4. The van der Waals surface area contributed by atoms with Crippen molar-refractivity contribution in [3.63, 3.8) is 0 Å². The molecule has 0 aromatic rings. The molecule has 1 saturated heterocycles. The Labute approximate surface area is 96.7 Å². The third-order valence-electron chi connectivity index (χ3n) is 3.78. The fraction of sp³-hybridized carbons (Fsp3) is 0.917. The first-order valence-corrected chi connectivity index (χ1v) is 6.16. The first-order valence-electron chi connectivity index (χ1n) is 6.16. The van der Waals surface area contributed by atoms with Crippen LogP contribution < -0.4 is 5.32 Å². The van der Waals surface area contributed by atoms with Crippen LogP contribution in [0.25, 0.3) is 0 Å². The smallest absolute Gasteiger partial charge is 0.307 e. The van der Waals surface area contributed by atoms with Crippen LogP contribution in [0.5, 0.6) is 0 Å². The van der Waals surface area contributed by atoms with Crippen LogP contribution in [0.1, 0.15) is 38.5 Å². The summed E-state index contributed by atoms with van der Waals surface area (Å²) in [7, 11) is 1.46. The van der Waals surface area contributed by atoms with Gasteiger partial charge < -0.3 is 14.8 Å². The van der Waals surface area contributed by atoms with Gasteiger partial charge >= 0.3 is 5.97 Å². The van der Waals surface area contributed by atoms with Gasteiger partial charge in [0.05, 0.1) is 13.5 Å². The van der Waals surface area contributed by atoms with Gasteiger partial charge in [0.25, 0.3) is 0 Å². The second-order valence-electron chi connectivity index (χ2n) is 4.92. The van der Waals surface area contributed by atoms with Crippen molar-refractivity contribution in [2.75, 3.05) is 20.3 Å². The molecule has 0 aromatic heterocycles. The molecular weight excluding hydrogens is 206 g/mol. The van der Waals surface area contributed by atoms with Crippen LogP contribution in [0.15, 0.2) is 0 Å². The van der Waals surface area contributed by atoms with E-state index in [-0.39, 0.29) is 11.5 Å². The zero-order valence-electron chi connectivity index (χ0n) is 9.96. The summed E-state index contributed by atoms with van der Waals surface area (Å²) in [4.78, 5) is 11.5. The van der Waals surface area contributed by atoms with Crippen molar-refractivity contribution in [3.05, 3.63) is 0 Å². The van der Waals surface area contributed by atoms with Gasteiger partial charge in [0.2, 0.25) is 0 Å². The summed E-state index contributed by atoms with van der Waals surface area (Å²) in [6.07, 6.45) is 6.09. The minimum Gasteiger partial charge on any atom is -0.469 e. The Bertz CT molecular complexity index is 245. The maximum atomic E-state index is 11.5. The molecule has 0 spiro atoms. The molecule has 4 nitrogen and oxygen atoms in total. The van der Waals surface area contributed by atoms with Crippen LogP contribution in [0.4, 0.5) is 0 Å². The number of rotatable bonds is 4. The van der Waals surface area contributed by atoms with Crippen molar-refractivity contribution in [2.45, 2.75) is 50.1 Å². The number of hydrogen-bond donors (Lipinski definition) is 1. The Morgan fingerprint density at radius 2 is 2.12 bits per heavy atom. The summed E-state index contributed by atoms with van der Waals surface area (Å²) in [5.74, 6) is -0.117. The van der Waals surface area contributed by atoms with E-state index in [0.717, 1.165) is 26.1 Å². The molecule has 2 rings (SSSR count). The highest BCUT2D eigenvalue weighted by atomic mass is 16.5. The van der Waals surface area contributed by atoms with Crippen LogP contribution in [-0.2, 0) is 14.3 Å². The fourth-order valence-electron chi connectivity index (χ4n) is 2.47. The maximum Gasteiger partial charge on any atom is 0.307 e. The monoisotopic (exact) mass is 227 g/mol. The molecule has 1 N–H and O–H groups in total. The van der Waals surface area contributed by atoms with Crippen molar-refractivity contribution >= 4 is 5.97 Å². The molecule has 1 heterocycles. The number of ether oxygens (including phenoxy) is 2. The van der Waals surface area contributed by atoms with Crippen LogP contribution in [0, 0.1) is 0 Å². The first kappa shape index (κ1) is 11.9. The molecule has 0 bridgehead atoms. The van der Waals surface area contributed by atoms with Crippen LogP contribution in [-0.4, -0.2) is 37.9 Å². The Balaban J connectivity index is 1.95. The number of esters is 1. The second kappa shape index (κ2) is 5.15. The zero-order chi connectivity index (χ0) is 11.4. The van der Waals surface area contributed by atoms with Crippen molar-refractivity contribution in [2.24, 2.45) is 0 Å². The first-order chi connectivity index (χ1) is 7.74. The Hall–Kier alpha value is -0.610. The van der Waals surface area contributed by atoms with Gasteiger partial charge in [-0.25, -0.2) is 0 Å². The molecule has 1 aliphatic carbocycles. The van der Waals surface area contributed by atoms with Gasteiger partial charge in [-0.1, -0.05) is 6.42 Å². The average Bonchev–Trinajstić information content (AvgIpc) is 2.25. The van der Waals surface area contributed by atoms with E-state index in [1.807, 2.05) is 0 Å². The summed E-state index contributed by atoms with van der Waals surface area (Å²) in [6.45, 7) is 1.49. The topological polar surface area (TPSA) is 47.6 Å². The SMILES string of the molecule is COC(=O)CC1(NC2CCC2)CCOCC1. The summed E-state index contributed by atoms with van der Waals surface area (Å²) < 4.78 is 10.2. The maximum absolute atomic E-state index is 11.5. The van der Waals surface area contributed by atoms with E-state index in [1.54, 1.807) is 0 Å². The Morgan fingerprint density at radius 1 is 1.44 bits per heavy atom. The molecule has 0 radical (unpaired) electrons. The van der Waals surface area contributed by atoms with E-state index >= 15 is 0 Å². The molecule has 0 aromatic carbocycles. The highest BCUT2D eigenvalue weighted by Gasteiger charge is 2.38. The lowest BCUT2D eigenvalue weighted by Crippen LogP contribution is -2.56. The molecule has 0 atom stereocenters. The van der Waals surface area contributed by atoms with Crippen molar-refractivity contribution in [3.8, 4) is 0 Å². The van der Waals surface area contributed by atoms with Gasteiger partial charge in [-0.3, -0.25) is 4.79 Å². The Morgan fingerprint density at radius 3 is 2.62 bits per heavy atom. The molecule has 0 unspecified atom stereocenters. The minimum atomic E-state index is -0.117. The third kappa shape index (κ3) is 2.74. The molecule has 92 valence electrons. The molecule has 2 fully saturated rings. The van der Waals surface area contributed by atoms with E-state index in [4.69, 9.17) is 9.47 Å². The van der Waals surface area contributed by atoms with Gasteiger partial charge in [-0.2, -0.15) is 0 Å². The average molecular weight is 227 g/mol. The van der Waals surface area contributed by atoms with E-state index in [2.05, 4.69) is 5.32 Å². The summed E-state index contributed by atoms with van der Waals surface area (Å²) in [6, 6.07) is 0.600. The van der Waals surface area contributed by atoms with Gasteiger partial charge in [0.15, 0.2) is 0 Å². The molecule has 16 heavy (non-hydrogen) atoms. The molecule has 2 aliphatic rings. The summed E-state index contributed by atoms with van der Waals surface area (Å²) in [5.41, 5.74) is -0.0730. The second-order valence-corrected chi connectivity index (χ2v) is 4.92. The lowest BCUT2D eigenvalue weighted by molar-refractivity contribution is -0.143. The van der Waals surface area contributed by atoms with Gasteiger partial charge in [-0.15, -0.1) is 0 Å².